The zero-order valence-corrected chi connectivity index (χ0v) is 21.5. The summed E-state index contributed by atoms with van der Waals surface area (Å²) in [6, 6.07) is 1.12. The Morgan fingerprint density at radius 2 is 1.84 bits per heavy atom. The van der Waals surface area contributed by atoms with Gasteiger partial charge in [0.2, 0.25) is 0 Å². The van der Waals surface area contributed by atoms with Gasteiger partial charge in [-0.25, -0.2) is 18.0 Å². The van der Waals surface area contributed by atoms with E-state index in [4.69, 9.17) is 11.6 Å². The third-order valence-electron chi connectivity index (χ3n) is 7.16. The highest BCUT2D eigenvalue weighted by Crippen LogP contribution is 2.43. The molecule has 3 N–H and O–H groups in total. The van der Waals surface area contributed by atoms with Crippen molar-refractivity contribution in [1.29, 1.82) is 0 Å². The number of carbonyl (C=O) groups excluding carboxylic acids is 2. The second-order valence-electron chi connectivity index (χ2n) is 9.49. The van der Waals surface area contributed by atoms with Gasteiger partial charge in [-0.1, -0.05) is 11.6 Å². The highest BCUT2D eigenvalue weighted by Gasteiger charge is 2.45. The zero-order chi connectivity index (χ0) is 27.1. The number of ether oxygens (including phenoxy) is 1. The fourth-order valence-electron chi connectivity index (χ4n) is 4.96. The van der Waals surface area contributed by atoms with Crippen LogP contribution in [0.5, 0.6) is 5.75 Å². The molecule has 2 amide bonds. The van der Waals surface area contributed by atoms with E-state index in [0.717, 1.165) is 25.9 Å². The highest BCUT2D eigenvalue weighted by molar-refractivity contribution is 7.92. The van der Waals surface area contributed by atoms with Crippen LogP contribution >= 0.6 is 11.6 Å². The van der Waals surface area contributed by atoms with Crippen LogP contribution in [0.3, 0.4) is 0 Å². The normalized spacial score (nSPS) is 24.6. The summed E-state index contributed by atoms with van der Waals surface area (Å²) in [5.74, 6) is -3.21. The number of esters is 1. The number of phenols is 1. The molecule has 9 nitrogen and oxygen atoms in total. The van der Waals surface area contributed by atoms with Crippen molar-refractivity contribution in [2.24, 2.45) is 0 Å². The molecule has 37 heavy (non-hydrogen) atoms. The average Bonchev–Trinajstić information content (AvgIpc) is 3.40. The van der Waals surface area contributed by atoms with E-state index in [0.29, 0.717) is 12.8 Å². The minimum absolute atomic E-state index is 0.00694. The molecule has 3 aliphatic rings. The van der Waals surface area contributed by atoms with Gasteiger partial charge in [-0.15, -0.1) is 0 Å². The van der Waals surface area contributed by atoms with Crippen LogP contribution in [0.4, 0.5) is 23.7 Å². The van der Waals surface area contributed by atoms with Gasteiger partial charge in [0, 0.05) is 12.5 Å². The molecule has 0 unspecified atom stereocenters. The van der Waals surface area contributed by atoms with Gasteiger partial charge in [-0.2, -0.15) is 13.2 Å². The Balaban J connectivity index is 1.42. The average molecular weight is 566 g/mol. The lowest BCUT2D eigenvalue weighted by Crippen LogP contribution is -2.48. The first-order chi connectivity index (χ1) is 17.3. The quantitative estimate of drug-likeness (QED) is 0.350. The van der Waals surface area contributed by atoms with Crippen LogP contribution < -0.4 is 10.6 Å². The summed E-state index contributed by atoms with van der Waals surface area (Å²) < 4.78 is 68.3. The summed E-state index contributed by atoms with van der Waals surface area (Å²) in [6.45, 7) is 3.31. The van der Waals surface area contributed by atoms with Gasteiger partial charge >= 0.3 is 18.2 Å². The number of phenolic OH excluding ortho intramolecular Hbond substituents is 1. The van der Waals surface area contributed by atoms with Crippen molar-refractivity contribution in [3.63, 3.8) is 0 Å². The van der Waals surface area contributed by atoms with Crippen molar-refractivity contribution in [3.05, 3.63) is 28.5 Å². The first-order valence-corrected chi connectivity index (χ1v) is 13.8. The minimum Gasteiger partial charge on any atom is -0.504 e. The largest absolute Gasteiger partial charge is 0.504 e. The Morgan fingerprint density at radius 1 is 1.19 bits per heavy atom. The molecule has 1 aromatic carbocycles. The molecule has 1 heterocycles. The van der Waals surface area contributed by atoms with Crippen molar-refractivity contribution < 1.29 is 41.0 Å². The van der Waals surface area contributed by atoms with Crippen molar-refractivity contribution in [2.75, 3.05) is 18.4 Å². The second-order valence-corrected chi connectivity index (χ2v) is 12.1. The number of aromatic hydroxyl groups is 1. The number of anilines is 1. The van der Waals surface area contributed by atoms with Gasteiger partial charge in [0.1, 0.15) is 10.7 Å². The smallest absolute Gasteiger partial charge is 0.491 e. The standard InChI is InChI=1S/C23H27ClF3N3O6S/c1-12-16(6-7-18(12)36-21(32)23(25,26)27)28-22(33)29-17-5-4-15(24)20(19(17)31)37(34,35)14-10-13(11-14)30-8-2-3-9-30/h4-5,13-14,16,31H,2-3,6-11H2,1H3,(H2,28,29,33)/t13-,14-,16-/m1/s1. The van der Waals surface area contributed by atoms with Crippen LogP contribution in [0, 0.1) is 0 Å². The van der Waals surface area contributed by atoms with Crippen molar-refractivity contribution in [1.82, 2.24) is 10.2 Å². The first kappa shape index (κ1) is 27.5. The van der Waals surface area contributed by atoms with E-state index in [9.17, 15) is 36.3 Å². The van der Waals surface area contributed by atoms with E-state index in [1.165, 1.54) is 19.1 Å². The maximum absolute atomic E-state index is 13.3. The highest BCUT2D eigenvalue weighted by atomic mass is 35.5. The van der Waals surface area contributed by atoms with Crippen molar-refractivity contribution in [3.8, 4) is 5.75 Å². The number of urea groups is 1. The number of nitrogens with zero attached hydrogens (tertiary/aromatic N) is 1. The lowest BCUT2D eigenvalue weighted by atomic mass is 9.91. The molecule has 204 valence electrons. The molecule has 0 aromatic heterocycles. The molecule has 14 heteroatoms. The molecule has 2 aliphatic carbocycles. The summed E-state index contributed by atoms with van der Waals surface area (Å²) in [6.07, 6.45) is -1.90. The van der Waals surface area contributed by atoms with E-state index in [1.807, 2.05) is 0 Å². The molecule has 2 fully saturated rings. The molecule has 1 aliphatic heterocycles. The van der Waals surface area contributed by atoms with Crippen LogP contribution in [-0.2, 0) is 19.4 Å². The molecular weight excluding hydrogens is 539 g/mol. The maximum atomic E-state index is 13.3. The van der Waals surface area contributed by atoms with Gasteiger partial charge < -0.3 is 25.4 Å². The second kappa shape index (κ2) is 10.3. The van der Waals surface area contributed by atoms with Gasteiger partial charge in [-0.05, 0) is 69.8 Å². The van der Waals surface area contributed by atoms with Gasteiger partial charge in [-0.3, -0.25) is 0 Å². The third kappa shape index (κ3) is 5.68. The topological polar surface area (TPSA) is 125 Å². The fraction of sp³-hybridized carbons (Fsp3) is 0.565. The van der Waals surface area contributed by atoms with Crippen LogP contribution in [0.2, 0.25) is 5.02 Å². The number of amides is 2. The number of allylic oxidation sites excluding steroid dienone is 1. The molecule has 0 bridgehead atoms. The van der Waals surface area contributed by atoms with Crippen LogP contribution in [0.1, 0.15) is 45.4 Å². The summed E-state index contributed by atoms with van der Waals surface area (Å²) in [5.41, 5.74) is 0.0492. The molecule has 0 spiro atoms. The Morgan fingerprint density at radius 3 is 2.46 bits per heavy atom. The summed E-state index contributed by atoms with van der Waals surface area (Å²) in [4.78, 5) is 25.5. The number of hydrogen-bond donors (Lipinski definition) is 3. The molecule has 0 radical (unpaired) electrons. The molecule has 1 aromatic rings. The molecule has 1 atom stereocenters. The Bertz CT molecular complexity index is 1220. The monoisotopic (exact) mass is 565 g/mol. The number of hydrogen-bond acceptors (Lipinski definition) is 7. The van der Waals surface area contributed by atoms with E-state index >= 15 is 0 Å². The number of rotatable bonds is 6. The number of sulfone groups is 1. The number of alkyl halides is 3. The Kier molecular flexibility index (Phi) is 7.69. The van der Waals surface area contributed by atoms with E-state index < -0.39 is 50.0 Å². The number of halogens is 4. The van der Waals surface area contributed by atoms with E-state index in [-0.39, 0.29) is 40.9 Å². The maximum Gasteiger partial charge on any atom is 0.491 e. The fourth-order valence-corrected chi connectivity index (χ4v) is 7.44. The lowest BCUT2D eigenvalue weighted by Gasteiger charge is -2.40. The summed E-state index contributed by atoms with van der Waals surface area (Å²) in [5, 5.41) is 14.8. The van der Waals surface area contributed by atoms with Gasteiger partial charge in [0.15, 0.2) is 15.6 Å². The Labute approximate surface area is 216 Å². The van der Waals surface area contributed by atoms with Crippen molar-refractivity contribution in [2.45, 2.75) is 73.9 Å². The third-order valence-corrected chi connectivity index (χ3v) is 9.83. The predicted molar refractivity (Wildman–Crippen MR) is 128 cm³/mol. The zero-order valence-electron chi connectivity index (χ0n) is 19.9. The molecule has 4 rings (SSSR count). The van der Waals surface area contributed by atoms with Crippen molar-refractivity contribution >= 4 is 39.1 Å². The predicted octanol–water partition coefficient (Wildman–Crippen LogP) is 4.11. The lowest BCUT2D eigenvalue weighted by molar-refractivity contribution is -0.195. The van der Waals surface area contributed by atoms with Gasteiger partial charge in [0.25, 0.3) is 0 Å². The minimum atomic E-state index is -5.14. The SMILES string of the molecule is CC1=C(OC(=O)C(F)(F)F)CC[C@H]1NC(=O)Nc1ccc(Cl)c(S(=O)(=O)[C@H]2C[C@H](N3CCCC3)C2)c1O. The van der Waals surface area contributed by atoms with Gasteiger partial charge in [0.05, 0.1) is 22.0 Å². The Hall–Kier alpha value is -2.51. The molecular formula is C23H27ClF3N3O6S. The number of carbonyl (C=O) groups is 2. The number of likely N-dealkylation sites (tertiary alicyclic amines) is 1. The van der Waals surface area contributed by atoms with Crippen LogP contribution in [0.25, 0.3) is 0 Å². The van der Waals surface area contributed by atoms with E-state index in [1.54, 1.807) is 0 Å². The van der Waals surface area contributed by atoms with Crippen LogP contribution in [0.15, 0.2) is 28.4 Å². The number of nitrogens with one attached hydrogen (secondary N) is 2. The first-order valence-electron chi connectivity index (χ1n) is 11.8. The summed E-state index contributed by atoms with van der Waals surface area (Å²) >= 11 is 6.15. The molecule has 1 saturated heterocycles. The number of benzene rings is 1. The van der Waals surface area contributed by atoms with E-state index in [2.05, 4.69) is 20.3 Å². The summed E-state index contributed by atoms with van der Waals surface area (Å²) in [7, 11) is -3.97. The van der Waals surface area contributed by atoms with Crippen LogP contribution in [-0.4, -0.2) is 67.0 Å². The molecule has 1 saturated carbocycles.